The Morgan fingerprint density at radius 3 is 2.62 bits per heavy atom. The molecule has 0 fully saturated rings. The van der Waals surface area contributed by atoms with Crippen LogP contribution in [0.2, 0.25) is 0 Å². The third-order valence-corrected chi connectivity index (χ3v) is 4.69. The number of benzene rings is 2. The molecule has 1 aliphatic carbocycles. The summed E-state index contributed by atoms with van der Waals surface area (Å²) in [5.41, 5.74) is 3.72. The van der Waals surface area contributed by atoms with Crippen molar-refractivity contribution in [3.63, 3.8) is 0 Å². The first-order chi connectivity index (χ1) is 12.4. The maximum Gasteiger partial charge on any atom is 0.337 e. The zero-order chi connectivity index (χ0) is 18.8. The summed E-state index contributed by atoms with van der Waals surface area (Å²) in [5.74, 6) is 1.75. The Bertz CT molecular complexity index is 839. The summed E-state index contributed by atoms with van der Waals surface area (Å²) >= 11 is 0. The highest BCUT2D eigenvalue weighted by Crippen LogP contribution is 2.42. The molecule has 0 heterocycles. The highest BCUT2D eigenvalue weighted by Gasteiger charge is 2.24. The van der Waals surface area contributed by atoms with Crippen LogP contribution in [0.4, 0.5) is 0 Å². The number of rotatable bonds is 5. The molecule has 5 nitrogen and oxygen atoms in total. The number of phenols is 1. The molecule has 2 aromatic carbocycles. The number of hydrogen-bond donors (Lipinski definition) is 2. The topological polar surface area (TPSA) is 76.0 Å². The number of aliphatic hydroxyl groups is 1. The molecule has 138 valence electrons. The lowest BCUT2D eigenvalue weighted by molar-refractivity contribution is -0.137. The van der Waals surface area contributed by atoms with Crippen molar-refractivity contribution in [1.82, 2.24) is 0 Å². The predicted molar refractivity (Wildman–Crippen MR) is 98.2 cm³/mol. The van der Waals surface area contributed by atoms with Crippen molar-refractivity contribution in [2.45, 2.75) is 46.0 Å². The van der Waals surface area contributed by atoms with Crippen LogP contribution in [0.25, 0.3) is 0 Å². The molecule has 5 heteroatoms. The van der Waals surface area contributed by atoms with Crippen LogP contribution in [0.5, 0.6) is 23.0 Å². The van der Waals surface area contributed by atoms with Gasteiger partial charge in [-0.2, -0.15) is 0 Å². The number of fused-ring (bicyclic) bond motifs is 1. The van der Waals surface area contributed by atoms with Crippen LogP contribution in [0.1, 0.15) is 48.4 Å². The number of carbonyl (C=O) groups is 1. The number of ether oxygens (including phenoxy) is 2. The fourth-order valence-corrected chi connectivity index (χ4v) is 3.42. The van der Waals surface area contributed by atoms with Gasteiger partial charge in [-0.15, -0.1) is 0 Å². The molecular formula is C21H24O5. The monoisotopic (exact) mass is 356 g/mol. The highest BCUT2D eigenvalue weighted by molar-refractivity contribution is 5.74. The summed E-state index contributed by atoms with van der Waals surface area (Å²) in [4.78, 5) is 11.5. The minimum absolute atomic E-state index is 0.186. The normalized spacial score (nSPS) is 13.0. The van der Waals surface area contributed by atoms with Gasteiger partial charge in [0.1, 0.15) is 29.6 Å². The molecule has 0 unspecified atom stereocenters. The number of hydrogen-bond acceptors (Lipinski definition) is 5. The van der Waals surface area contributed by atoms with E-state index in [1.807, 2.05) is 26.8 Å². The molecular weight excluding hydrogens is 332 g/mol. The van der Waals surface area contributed by atoms with E-state index in [4.69, 9.17) is 14.6 Å². The van der Waals surface area contributed by atoms with Crippen LogP contribution in [-0.4, -0.2) is 22.8 Å². The van der Waals surface area contributed by atoms with E-state index in [9.17, 15) is 9.90 Å². The minimum Gasteiger partial charge on any atom is -0.508 e. The van der Waals surface area contributed by atoms with Crippen LogP contribution in [0.15, 0.2) is 24.3 Å². The number of carbonyl (C=O) groups excluding carboxylic acids is 1. The lowest BCUT2D eigenvalue weighted by atomic mass is 10.0. The lowest BCUT2D eigenvalue weighted by Gasteiger charge is -2.18. The number of phenolic OH excluding ortho intramolecular Hbond substituents is 1. The molecule has 0 radical (unpaired) electrons. The SMILES string of the molecule is Cc1cc(OC(=O)CO)c2c(c1Oc1ccc(O)c(C(C)C)c1)CCC2. The third-order valence-electron chi connectivity index (χ3n) is 4.69. The fraction of sp³-hybridized carbons (Fsp3) is 0.381. The van der Waals surface area contributed by atoms with Gasteiger partial charge in [0.05, 0.1) is 0 Å². The van der Waals surface area contributed by atoms with Gasteiger partial charge in [0.2, 0.25) is 0 Å². The van der Waals surface area contributed by atoms with Gasteiger partial charge in [-0.25, -0.2) is 4.79 Å². The van der Waals surface area contributed by atoms with Gasteiger partial charge >= 0.3 is 5.97 Å². The molecule has 0 atom stereocenters. The Hall–Kier alpha value is -2.53. The van der Waals surface area contributed by atoms with E-state index in [-0.39, 0.29) is 11.7 Å². The van der Waals surface area contributed by atoms with E-state index < -0.39 is 12.6 Å². The smallest absolute Gasteiger partial charge is 0.337 e. The van der Waals surface area contributed by atoms with Gasteiger partial charge in [-0.3, -0.25) is 0 Å². The van der Waals surface area contributed by atoms with Gasteiger partial charge < -0.3 is 19.7 Å². The Morgan fingerprint density at radius 1 is 1.19 bits per heavy atom. The molecule has 0 aliphatic heterocycles. The number of aryl methyl sites for hydroxylation is 1. The van der Waals surface area contributed by atoms with Crippen molar-refractivity contribution in [2.75, 3.05) is 6.61 Å². The molecule has 0 amide bonds. The summed E-state index contributed by atoms with van der Waals surface area (Å²) in [6.07, 6.45) is 2.63. The first-order valence-electron chi connectivity index (χ1n) is 8.88. The van der Waals surface area contributed by atoms with Crippen LogP contribution < -0.4 is 9.47 Å². The Labute approximate surface area is 153 Å². The van der Waals surface area contributed by atoms with Gasteiger partial charge in [0, 0.05) is 16.7 Å². The third kappa shape index (κ3) is 3.53. The number of esters is 1. The van der Waals surface area contributed by atoms with Crippen LogP contribution in [0, 0.1) is 6.92 Å². The minimum atomic E-state index is -0.660. The first kappa shape index (κ1) is 18.3. The molecule has 2 aromatic rings. The van der Waals surface area contributed by atoms with E-state index >= 15 is 0 Å². The summed E-state index contributed by atoms with van der Waals surface area (Å²) in [7, 11) is 0. The average Bonchev–Trinajstić information content (AvgIpc) is 3.09. The summed E-state index contributed by atoms with van der Waals surface area (Å²) < 4.78 is 11.5. The Kier molecular flexibility index (Phi) is 5.18. The zero-order valence-electron chi connectivity index (χ0n) is 15.3. The number of aromatic hydroxyl groups is 1. The highest BCUT2D eigenvalue weighted by atomic mass is 16.5. The standard InChI is InChI=1S/C21H24O5/c1-12(2)17-10-14(7-8-18(17)23)25-21-13(3)9-19(26-20(24)11-22)15-5-4-6-16(15)21/h7-10,12,22-23H,4-6,11H2,1-3H3. The van der Waals surface area contributed by atoms with E-state index in [1.165, 1.54) is 0 Å². The molecule has 3 rings (SSSR count). The molecule has 0 saturated heterocycles. The number of aliphatic hydroxyl groups excluding tert-OH is 1. The average molecular weight is 356 g/mol. The Morgan fingerprint density at radius 2 is 1.92 bits per heavy atom. The summed E-state index contributed by atoms with van der Waals surface area (Å²) in [5, 5.41) is 18.9. The molecule has 0 aromatic heterocycles. The van der Waals surface area contributed by atoms with Gasteiger partial charge in [-0.05, 0) is 61.9 Å². The second-order valence-electron chi connectivity index (χ2n) is 6.94. The molecule has 26 heavy (non-hydrogen) atoms. The summed E-state index contributed by atoms with van der Waals surface area (Å²) in [6.45, 7) is 5.31. The van der Waals surface area contributed by atoms with E-state index in [1.54, 1.807) is 18.2 Å². The van der Waals surface area contributed by atoms with Crippen molar-refractivity contribution >= 4 is 5.97 Å². The van der Waals surface area contributed by atoms with E-state index in [2.05, 4.69) is 0 Å². The zero-order valence-corrected chi connectivity index (χ0v) is 15.3. The molecule has 1 aliphatic rings. The van der Waals surface area contributed by atoms with Gasteiger partial charge in [0.25, 0.3) is 0 Å². The second kappa shape index (κ2) is 7.38. The summed E-state index contributed by atoms with van der Waals surface area (Å²) in [6, 6.07) is 7.05. The Balaban J connectivity index is 1.98. The first-order valence-corrected chi connectivity index (χ1v) is 8.88. The van der Waals surface area contributed by atoms with Gasteiger partial charge in [-0.1, -0.05) is 13.8 Å². The largest absolute Gasteiger partial charge is 0.508 e. The van der Waals surface area contributed by atoms with Crippen LogP contribution in [0.3, 0.4) is 0 Å². The van der Waals surface area contributed by atoms with Gasteiger partial charge in [0.15, 0.2) is 0 Å². The van der Waals surface area contributed by atoms with Crippen molar-refractivity contribution in [3.8, 4) is 23.0 Å². The molecule has 0 saturated carbocycles. The van der Waals surface area contributed by atoms with Crippen molar-refractivity contribution in [1.29, 1.82) is 0 Å². The predicted octanol–water partition coefficient (Wildman–Crippen LogP) is 4.00. The van der Waals surface area contributed by atoms with Crippen molar-refractivity contribution in [2.24, 2.45) is 0 Å². The van der Waals surface area contributed by atoms with Crippen LogP contribution >= 0.6 is 0 Å². The lowest BCUT2D eigenvalue weighted by Crippen LogP contribution is -2.13. The maximum absolute atomic E-state index is 11.5. The fourth-order valence-electron chi connectivity index (χ4n) is 3.42. The van der Waals surface area contributed by atoms with Crippen molar-refractivity contribution < 1.29 is 24.5 Å². The van der Waals surface area contributed by atoms with Crippen LogP contribution in [-0.2, 0) is 17.6 Å². The van der Waals surface area contributed by atoms with E-state index in [0.717, 1.165) is 47.3 Å². The molecule has 0 bridgehead atoms. The van der Waals surface area contributed by atoms with E-state index in [0.29, 0.717) is 11.5 Å². The van der Waals surface area contributed by atoms with Crippen molar-refractivity contribution in [3.05, 3.63) is 46.5 Å². The molecule has 0 spiro atoms. The second-order valence-corrected chi connectivity index (χ2v) is 6.94. The molecule has 2 N–H and O–H groups in total. The quantitative estimate of drug-likeness (QED) is 0.625. The maximum atomic E-state index is 11.5.